The number of nitro groups is 1. The lowest BCUT2D eigenvalue weighted by Crippen LogP contribution is -1.96. The smallest absolute Gasteiger partial charge is 0.270 e. The van der Waals surface area contributed by atoms with E-state index in [1.54, 1.807) is 0 Å². The van der Waals surface area contributed by atoms with E-state index in [2.05, 4.69) is 11.8 Å². The summed E-state index contributed by atoms with van der Waals surface area (Å²) in [7, 11) is 0. The number of ether oxygens (including phenoxy) is 1. The van der Waals surface area contributed by atoms with Gasteiger partial charge in [-0.3, -0.25) is 14.9 Å². The Morgan fingerprint density at radius 2 is 2.26 bits per heavy atom. The third kappa shape index (κ3) is 5.02. The van der Waals surface area contributed by atoms with Crippen LogP contribution in [0.15, 0.2) is 18.2 Å². The van der Waals surface area contributed by atoms with Crippen molar-refractivity contribution in [2.24, 2.45) is 0 Å². The molecule has 0 bridgehead atoms. The van der Waals surface area contributed by atoms with Gasteiger partial charge in [-0.05, 0) is 13.0 Å². The van der Waals surface area contributed by atoms with E-state index in [9.17, 15) is 14.9 Å². The third-order valence-electron chi connectivity index (χ3n) is 2.04. The molecule has 100 valence electrons. The second kappa shape index (κ2) is 7.44. The maximum Gasteiger partial charge on any atom is 0.270 e. The summed E-state index contributed by atoms with van der Waals surface area (Å²) in [5.74, 6) is 6.44. The van der Waals surface area contributed by atoms with E-state index >= 15 is 0 Å². The van der Waals surface area contributed by atoms with Gasteiger partial charge in [0, 0.05) is 19.1 Å². The second-order valence-electron chi connectivity index (χ2n) is 3.45. The number of non-ortho nitro benzene ring substituents is 1. The Morgan fingerprint density at radius 1 is 1.53 bits per heavy atom. The molecule has 1 aromatic rings. The molecule has 0 aliphatic heterocycles. The molecular weight excluding hydrogens is 266 g/mol. The monoisotopic (exact) mass is 279 g/mol. The van der Waals surface area contributed by atoms with Crippen molar-refractivity contribution in [2.75, 3.05) is 12.4 Å². The lowest BCUT2D eigenvalue weighted by molar-refractivity contribution is -0.384. The predicted molar refractivity (Wildman–Crippen MR) is 74.3 cm³/mol. The Labute approximate surface area is 115 Å². The minimum Gasteiger partial charge on any atom is -0.493 e. The van der Waals surface area contributed by atoms with Crippen LogP contribution >= 0.6 is 11.8 Å². The van der Waals surface area contributed by atoms with E-state index < -0.39 is 4.92 Å². The van der Waals surface area contributed by atoms with Crippen LogP contribution in [-0.4, -0.2) is 22.4 Å². The molecular formula is C13H13NO4S. The van der Waals surface area contributed by atoms with E-state index in [1.165, 1.54) is 25.1 Å². The number of benzene rings is 1. The van der Waals surface area contributed by atoms with Crippen molar-refractivity contribution in [1.29, 1.82) is 0 Å². The number of carbonyl (C=O) groups excluding carboxylic acids is 1. The van der Waals surface area contributed by atoms with Gasteiger partial charge in [0.15, 0.2) is 5.12 Å². The SMILES string of the molecule is CCOc1ccc([N+](=O)[O-])cc1C#CCSC(C)=O. The summed E-state index contributed by atoms with van der Waals surface area (Å²) in [5.41, 5.74) is 0.423. The standard InChI is InChI=1S/C13H13NO4S/c1-3-18-13-7-6-12(14(16)17)9-11(13)5-4-8-19-10(2)15/h6-7,9H,3,8H2,1-2H3. The maximum atomic E-state index is 10.7. The molecule has 0 radical (unpaired) electrons. The summed E-state index contributed by atoms with van der Waals surface area (Å²) >= 11 is 1.09. The summed E-state index contributed by atoms with van der Waals surface area (Å²) in [5, 5.41) is 10.7. The van der Waals surface area contributed by atoms with E-state index in [-0.39, 0.29) is 10.8 Å². The Morgan fingerprint density at radius 3 is 2.84 bits per heavy atom. The first-order chi connectivity index (χ1) is 9.04. The zero-order valence-corrected chi connectivity index (χ0v) is 11.5. The molecule has 0 N–H and O–H groups in total. The van der Waals surface area contributed by atoms with Crippen LogP contribution in [0, 0.1) is 22.0 Å². The summed E-state index contributed by atoms with van der Waals surface area (Å²) < 4.78 is 5.35. The van der Waals surface area contributed by atoms with E-state index in [0.717, 1.165) is 11.8 Å². The van der Waals surface area contributed by atoms with Gasteiger partial charge < -0.3 is 4.74 Å². The van der Waals surface area contributed by atoms with Gasteiger partial charge >= 0.3 is 0 Å². The fourth-order valence-electron chi connectivity index (χ4n) is 1.28. The highest BCUT2D eigenvalue weighted by atomic mass is 32.2. The summed E-state index contributed by atoms with van der Waals surface area (Å²) in [6.45, 7) is 3.74. The van der Waals surface area contributed by atoms with Crippen molar-refractivity contribution < 1.29 is 14.5 Å². The molecule has 0 fully saturated rings. The Balaban J connectivity index is 2.96. The molecule has 0 saturated heterocycles. The van der Waals surface area contributed by atoms with Gasteiger partial charge in [0.05, 0.1) is 22.8 Å². The summed E-state index contributed by atoms with van der Waals surface area (Å²) in [4.78, 5) is 21.0. The Bertz CT molecular complexity index is 545. The fraction of sp³-hybridized carbons (Fsp3) is 0.308. The van der Waals surface area contributed by atoms with Gasteiger partial charge in [-0.1, -0.05) is 23.6 Å². The number of hydrogen-bond acceptors (Lipinski definition) is 5. The molecule has 0 heterocycles. The maximum absolute atomic E-state index is 10.7. The highest BCUT2D eigenvalue weighted by molar-refractivity contribution is 8.13. The van der Waals surface area contributed by atoms with Crippen molar-refractivity contribution in [1.82, 2.24) is 0 Å². The highest BCUT2D eigenvalue weighted by Gasteiger charge is 2.09. The van der Waals surface area contributed by atoms with Crippen LogP contribution in [0.1, 0.15) is 19.4 Å². The van der Waals surface area contributed by atoms with Gasteiger partial charge in [0.25, 0.3) is 5.69 Å². The molecule has 0 aliphatic rings. The van der Waals surface area contributed by atoms with Crippen LogP contribution < -0.4 is 4.74 Å². The zero-order valence-electron chi connectivity index (χ0n) is 10.6. The Hall–Kier alpha value is -2.00. The number of thioether (sulfide) groups is 1. The molecule has 6 heteroatoms. The lowest BCUT2D eigenvalue weighted by atomic mass is 10.2. The first-order valence-electron chi connectivity index (χ1n) is 5.58. The van der Waals surface area contributed by atoms with E-state index in [4.69, 9.17) is 4.74 Å². The predicted octanol–water partition coefficient (Wildman–Crippen LogP) is 2.62. The minimum atomic E-state index is -0.481. The van der Waals surface area contributed by atoms with Crippen LogP contribution in [0.5, 0.6) is 5.75 Å². The number of hydrogen-bond donors (Lipinski definition) is 0. The molecule has 0 aliphatic carbocycles. The second-order valence-corrected chi connectivity index (χ2v) is 4.60. The van der Waals surface area contributed by atoms with Gasteiger partial charge in [-0.15, -0.1) is 0 Å². The summed E-state index contributed by atoms with van der Waals surface area (Å²) in [6, 6.07) is 4.28. The third-order valence-corrected chi connectivity index (χ3v) is 2.74. The van der Waals surface area contributed by atoms with Gasteiger partial charge in [-0.2, -0.15) is 0 Å². The average molecular weight is 279 g/mol. The number of nitro benzene ring substituents is 1. The zero-order chi connectivity index (χ0) is 14.3. The largest absolute Gasteiger partial charge is 0.493 e. The topological polar surface area (TPSA) is 69.4 Å². The van der Waals surface area contributed by atoms with Crippen molar-refractivity contribution in [3.05, 3.63) is 33.9 Å². The molecule has 1 rings (SSSR count). The number of rotatable bonds is 4. The first kappa shape index (κ1) is 15.1. The van der Waals surface area contributed by atoms with Crippen molar-refractivity contribution in [3.63, 3.8) is 0 Å². The summed E-state index contributed by atoms with van der Waals surface area (Å²) in [6.07, 6.45) is 0. The quantitative estimate of drug-likeness (QED) is 0.481. The van der Waals surface area contributed by atoms with Crippen LogP contribution in [0.2, 0.25) is 0 Å². The first-order valence-corrected chi connectivity index (χ1v) is 6.56. The molecule has 0 aromatic heterocycles. The van der Waals surface area contributed by atoms with Gasteiger partial charge in [-0.25, -0.2) is 0 Å². The van der Waals surface area contributed by atoms with Crippen LogP contribution in [0.4, 0.5) is 5.69 Å². The lowest BCUT2D eigenvalue weighted by Gasteiger charge is -2.05. The molecule has 0 unspecified atom stereocenters. The highest BCUT2D eigenvalue weighted by Crippen LogP contribution is 2.23. The number of carbonyl (C=O) groups is 1. The molecule has 0 saturated carbocycles. The van der Waals surface area contributed by atoms with Crippen LogP contribution in [-0.2, 0) is 4.79 Å². The normalized spacial score (nSPS) is 9.37. The molecule has 19 heavy (non-hydrogen) atoms. The van der Waals surface area contributed by atoms with Crippen molar-refractivity contribution >= 4 is 22.6 Å². The molecule has 0 atom stereocenters. The Kier molecular flexibility index (Phi) is 5.90. The molecule has 1 aromatic carbocycles. The van der Waals surface area contributed by atoms with Gasteiger partial charge in [0.2, 0.25) is 0 Å². The average Bonchev–Trinajstić information content (AvgIpc) is 2.36. The minimum absolute atomic E-state index is 0.0154. The molecule has 0 amide bonds. The fourth-order valence-corrected chi connectivity index (χ4v) is 1.63. The van der Waals surface area contributed by atoms with Crippen molar-refractivity contribution in [3.8, 4) is 17.6 Å². The number of nitrogens with zero attached hydrogens (tertiary/aromatic N) is 1. The molecule has 0 spiro atoms. The van der Waals surface area contributed by atoms with Crippen molar-refractivity contribution in [2.45, 2.75) is 13.8 Å². The van der Waals surface area contributed by atoms with Crippen LogP contribution in [0.3, 0.4) is 0 Å². The van der Waals surface area contributed by atoms with Gasteiger partial charge in [0.1, 0.15) is 5.75 Å². The van der Waals surface area contributed by atoms with Crippen LogP contribution in [0.25, 0.3) is 0 Å². The molecule has 5 nitrogen and oxygen atoms in total. The van der Waals surface area contributed by atoms with E-state index in [1.807, 2.05) is 6.92 Å². The van der Waals surface area contributed by atoms with E-state index in [0.29, 0.717) is 23.7 Å².